The number of ether oxygens (including phenoxy) is 1. The van der Waals surface area contributed by atoms with E-state index in [1.807, 2.05) is 13.0 Å². The maximum absolute atomic E-state index is 12.7. The second-order valence-electron chi connectivity index (χ2n) is 7.46. The summed E-state index contributed by atoms with van der Waals surface area (Å²) in [6, 6.07) is 0. The van der Waals surface area contributed by atoms with Gasteiger partial charge in [0.2, 0.25) is 0 Å². The van der Waals surface area contributed by atoms with Crippen molar-refractivity contribution < 1.29 is 24.2 Å². The number of rotatable bonds is 0. The Bertz CT molecular complexity index is 492. The minimum absolute atomic E-state index is 0.00406. The Kier molecular flexibility index (Phi) is 7.80. The lowest BCUT2D eigenvalue weighted by atomic mass is 9.74. The van der Waals surface area contributed by atoms with E-state index in [2.05, 4.69) is 6.92 Å². The van der Waals surface area contributed by atoms with Gasteiger partial charge < -0.3 is 9.84 Å². The number of carbonyl (C=O) groups excluding carboxylic acids is 3. The van der Waals surface area contributed by atoms with E-state index >= 15 is 0 Å². The molecule has 24 heavy (non-hydrogen) atoms. The molecule has 0 saturated carbocycles. The number of aliphatic hydroxyl groups excluding tert-OH is 1. The zero-order valence-electron chi connectivity index (χ0n) is 15.2. The first-order valence-corrected chi connectivity index (χ1v) is 8.72. The fourth-order valence-corrected chi connectivity index (χ4v) is 3.04. The Morgan fingerprint density at radius 1 is 1.21 bits per heavy atom. The molecule has 0 aromatic heterocycles. The summed E-state index contributed by atoms with van der Waals surface area (Å²) >= 11 is 0. The maximum Gasteiger partial charge on any atom is 0.308 e. The van der Waals surface area contributed by atoms with Gasteiger partial charge in [-0.05, 0) is 31.3 Å². The molecular formula is C19H30O5. The van der Waals surface area contributed by atoms with Crippen LogP contribution in [0.25, 0.3) is 0 Å². The molecule has 1 aliphatic heterocycles. The van der Waals surface area contributed by atoms with Gasteiger partial charge in [0.25, 0.3) is 0 Å². The van der Waals surface area contributed by atoms with Gasteiger partial charge in [0.05, 0.1) is 24.5 Å². The Hall–Kier alpha value is -1.49. The predicted molar refractivity (Wildman–Crippen MR) is 91.3 cm³/mol. The quantitative estimate of drug-likeness (QED) is 0.687. The summed E-state index contributed by atoms with van der Waals surface area (Å²) in [6.45, 7) is 7.29. The fraction of sp³-hybridized carbons (Fsp3) is 0.737. The molecule has 5 nitrogen and oxygen atoms in total. The second-order valence-corrected chi connectivity index (χ2v) is 7.46. The first-order valence-electron chi connectivity index (χ1n) is 8.72. The van der Waals surface area contributed by atoms with Crippen LogP contribution in [-0.2, 0) is 19.1 Å². The number of aliphatic hydroxyl groups is 1. The smallest absolute Gasteiger partial charge is 0.308 e. The van der Waals surface area contributed by atoms with Crippen LogP contribution in [-0.4, -0.2) is 35.4 Å². The molecule has 0 fully saturated rings. The van der Waals surface area contributed by atoms with Crippen molar-refractivity contribution in [2.75, 3.05) is 6.61 Å². The molecule has 0 aromatic rings. The molecule has 0 radical (unpaired) electrons. The molecule has 0 amide bonds. The number of cyclic esters (lactones) is 1. The van der Waals surface area contributed by atoms with Crippen molar-refractivity contribution in [1.82, 2.24) is 0 Å². The Labute approximate surface area is 144 Å². The topological polar surface area (TPSA) is 80.7 Å². The van der Waals surface area contributed by atoms with Crippen LogP contribution in [0.15, 0.2) is 12.2 Å². The average molecular weight is 338 g/mol. The zero-order chi connectivity index (χ0) is 18.3. The Morgan fingerprint density at radius 2 is 1.88 bits per heavy atom. The third-order valence-corrected chi connectivity index (χ3v) is 4.77. The molecule has 3 atom stereocenters. The summed E-state index contributed by atoms with van der Waals surface area (Å²) in [5, 5.41) is 10.3. The van der Waals surface area contributed by atoms with Gasteiger partial charge in [0.15, 0.2) is 5.78 Å². The van der Waals surface area contributed by atoms with Gasteiger partial charge >= 0.3 is 5.97 Å². The lowest BCUT2D eigenvalue weighted by Gasteiger charge is -2.32. The van der Waals surface area contributed by atoms with E-state index in [4.69, 9.17) is 4.74 Å². The second kappa shape index (κ2) is 9.11. The van der Waals surface area contributed by atoms with Crippen LogP contribution in [0.3, 0.4) is 0 Å². The van der Waals surface area contributed by atoms with Gasteiger partial charge in [-0.1, -0.05) is 33.8 Å². The lowest BCUT2D eigenvalue weighted by molar-refractivity contribution is -0.150. The lowest BCUT2D eigenvalue weighted by Crippen LogP contribution is -2.42. The molecule has 1 N–H and O–H groups in total. The van der Waals surface area contributed by atoms with Crippen molar-refractivity contribution in [1.29, 1.82) is 0 Å². The maximum atomic E-state index is 12.7. The van der Waals surface area contributed by atoms with Crippen LogP contribution in [0.5, 0.6) is 0 Å². The summed E-state index contributed by atoms with van der Waals surface area (Å²) in [7, 11) is 0. The summed E-state index contributed by atoms with van der Waals surface area (Å²) in [6.07, 6.45) is 4.56. The van der Waals surface area contributed by atoms with Gasteiger partial charge in [0.1, 0.15) is 5.78 Å². The molecule has 3 unspecified atom stereocenters. The number of esters is 1. The van der Waals surface area contributed by atoms with E-state index in [0.29, 0.717) is 5.92 Å². The molecule has 1 aliphatic rings. The fourth-order valence-electron chi connectivity index (χ4n) is 3.04. The molecule has 0 saturated heterocycles. The monoisotopic (exact) mass is 338 g/mol. The highest BCUT2D eigenvalue weighted by atomic mass is 16.5. The number of ketones is 2. The van der Waals surface area contributed by atoms with Gasteiger partial charge in [0, 0.05) is 12.3 Å². The highest BCUT2D eigenvalue weighted by molar-refractivity contribution is 5.90. The standard InChI is InChI=1S/C19H30O5/c1-13-7-5-6-8-15(20)9-10-24-17(22)12-16(21)19(3,4)18(23)14(2)11-13/h6,8,13-14,16,21H,5,7,9-12H2,1-4H3/b8-6+. The molecule has 136 valence electrons. The highest BCUT2D eigenvalue weighted by Crippen LogP contribution is 2.31. The summed E-state index contributed by atoms with van der Waals surface area (Å²) in [5.41, 5.74) is -1.01. The Balaban J connectivity index is 2.88. The third-order valence-electron chi connectivity index (χ3n) is 4.77. The van der Waals surface area contributed by atoms with E-state index < -0.39 is 17.5 Å². The SMILES string of the molecule is CC1CC/C=C/C(=O)CCOC(=O)CC(O)C(C)(C)C(=O)C(C)C1. The predicted octanol–water partition coefficient (Wildman–Crippen LogP) is 2.85. The van der Waals surface area contributed by atoms with Gasteiger partial charge in [-0.15, -0.1) is 0 Å². The van der Waals surface area contributed by atoms with Crippen molar-refractivity contribution in [2.24, 2.45) is 17.3 Å². The van der Waals surface area contributed by atoms with Gasteiger partial charge in [-0.3, -0.25) is 14.4 Å². The third kappa shape index (κ3) is 6.19. The number of allylic oxidation sites excluding steroid dienone is 2. The first-order chi connectivity index (χ1) is 11.1. The Morgan fingerprint density at radius 3 is 2.54 bits per heavy atom. The molecule has 5 heteroatoms. The largest absolute Gasteiger partial charge is 0.465 e. The zero-order valence-corrected chi connectivity index (χ0v) is 15.2. The van der Waals surface area contributed by atoms with Crippen molar-refractivity contribution in [3.63, 3.8) is 0 Å². The van der Waals surface area contributed by atoms with Crippen LogP contribution in [0.2, 0.25) is 0 Å². The van der Waals surface area contributed by atoms with Gasteiger partial charge in [-0.25, -0.2) is 0 Å². The molecule has 0 spiro atoms. The van der Waals surface area contributed by atoms with E-state index in [1.165, 1.54) is 6.08 Å². The van der Waals surface area contributed by atoms with E-state index in [0.717, 1.165) is 19.3 Å². The highest BCUT2D eigenvalue weighted by Gasteiger charge is 2.39. The molecular weight excluding hydrogens is 308 g/mol. The minimum Gasteiger partial charge on any atom is -0.465 e. The summed E-state index contributed by atoms with van der Waals surface area (Å²) < 4.78 is 4.99. The van der Waals surface area contributed by atoms with E-state index in [-0.39, 0.29) is 36.9 Å². The van der Waals surface area contributed by atoms with Crippen molar-refractivity contribution >= 4 is 17.5 Å². The van der Waals surface area contributed by atoms with Gasteiger partial charge in [-0.2, -0.15) is 0 Å². The molecule has 0 aromatic carbocycles. The van der Waals surface area contributed by atoms with Crippen molar-refractivity contribution in [2.45, 2.75) is 65.9 Å². The normalized spacial score (nSPS) is 32.2. The molecule has 1 heterocycles. The summed E-state index contributed by atoms with van der Waals surface area (Å²) in [4.78, 5) is 36.1. The average Bonchev–Trinajstić information content (AvgIpc) is 2.49. The number of carbonyl (C=O) groups is 3. The number of hydrogen-bond donors (Lipinski definition) is 1. The van der Waals surface area contributed by atoms with E-state index in [9.17, 15) is 19.5 Å². The van der Waals surface area contributed by atoms with Crippen LogP contribution >= 0.6 is 0 Å². The van der Waals surface area contributed by atoms with E-state index in [1.54, 1.807) is 13.8 Å². The van der Waals surface area contributed by atoms with Crippen LogP contribution < -0.4 is 0 Å². The first kappa shape index (κ1) is 20.6. The van der Waals surface area contributed by atoms with Crippen molar-refractivity contribution in [3.05, 3.63) is 12.2 Å². The van der Waals surface area contributed by atoms with Crippen LogP contribution in [0, 0.1) is 17.3 Å². The molecule has 0 bridgehead atoms. The molecule has 0 aliphatic carbocycles. The van der Waals surface area contributed by atoms with Crippen LogP contribution in [0.4, 0.5) is 0 Å². The summed E-state index contributed by atoms with van der Waals surface area (Å²) in [5.74, 6) is -0.554. The van der Waals surface area contributed by atoms with Crippen LogP contribution in [0.1, 0.15) is 59.8 Å². The number of hydrogen-bond acceptors (Lipinski definition) is 5. The molecule has 1 rings (SSSR count). The minimum atomic E-state index is -1.10. The van der Waals surface area contributed by atoms with Crippen molar-refractivity contribution in [3.8, 4) is 0 Å². The number of Topliss-reactive ketones (excluding diaryl/α,β-unsaturated/α-hetero) is 1.